The number of carbonyl (C=O) groups is 1. The first-order valence-electron chi connectivity index (χ1n) is 6.88. The van der Waals surface area contributed by atoms with Crippen molar-refractivity contribution < 1.29 is 13.2 Å². The molecule has 0 spiro atoms. The van der Waals surface area contributed by atoms with Gasteiger partial charge < -0.3 is 10.6 Å². The summed E-state index contributed by atoms with van der Waals surface area (Å²) in [6.07, 6.45) is 0. The van der Waals surface area contributed by atoms with Crippen molar-refractivity contribution in [3.8, 4) is 0 Å². The molecule has 1 rings (SSSR count). The van der Waals surface area contributed by atoms with E-state index < -0.39 is 10.2 Å². The predicted octanol–water partition coefficient (Wildman–Crippen LogP) is -0.832. The minimum Gasteiger partial charge on any atom is -0.340 e. The highest BCUT2D eigenvalue weighted by atomic mass is 32.2. The lowest BCUT2D eigenvalue weighted by Gasteiger charge is -2.37. The third-order valence-corrected chi connectivity index (χ3v) is 5.65. The van der Waals surface area contributed by atoms with Gasteiger partial charge in [0.15, 0.2) is 0 Å². The van der Waals surface area contributed by atoms with Crippen LogP contribution in [0.2, 0.25) is 0 Å². The van der Waals surface area contributed by atoms with Crippen molar-refractivity contribution in [1.29, 1.82) is 0 Å². The smallest absolute Gasteiger partial charge is 0.281 e. The van der Waals surface area contributed by atoms with Gasteiger partial charge in [0, 0.05) is 46.8 Å². The second-order valence-electron chi connectivity index (χ2n) is 5.60. The van der Waals surface area contributed by atoms with Crippen LogP contribution in [0.1, 0.15) is 13.8 Å². The van der Waals surface area contributed by atoms with Gasteiger partial charge in [0.05, 0.1) is 5.92 Å². The zero-order chi connectivity index (χ0) is 15.5. The van der Waals surface area contributed by atoms with Gasteiger partial charge in [-0.1, -0.05) is 13.8 Å². The van der Waals surface area contributed by atoms with E-state index in [1.165, 1.54) is 22.7 Å². The summed E-state index contributed by atoms with van der Waals surface area (Å²) in [6.45, 7) is 5.80. The van der Waals surface area contributed by atoms with E-state index in [0.717, 1.165) is 0 Å². The summed E-state index contributed by atoms with van der Waals surface area (Å²) in [5.41, 5.74) is 5.66. The molecule has 1 saturated heterocycles. The lowest BCUT2D eigenvalue weighted by molar-refractivity contribution is -0.137. The number of amides is 1. The number of nitrogens with two attached hydrogens (primary N) is 1. The average molecular weight is 306 g/mol. The van der Waals surface area contributed by atoms with Crippen LogP contribution in [0.25, 0.3) is 0 Å². The lowest BCUT2D eigenvalue weighted by atomic mass is 9.94. The molecule has 0 aliphatic carbocycles. The Hall–Kier alpha value is -0.700. The monoisotopic (exact) mass is 306 g/mol. The first-order chi connectivity index (χ1) is 9.21. The fourth-order valence-electron chi connectivity index (χ4n) is 2.26. The molecule has 2 N–H and O–H groups in total. The summed E-state index contributed by atoms with van der Waals surface area (Å²) in [5, 5.41) is 0. The standard InChI is InChI=1S/C12H26N4O3S/c1-10(2)11(9-13)12(17)15-5-7-16(8-6-15)20(18,19)14(3)4/h10-11H,5-9,13H2,1-4H3. The highest BCUT2D eigenvalue weighted by Crippen LogP contribution is 2.16. The van der Waals surface area contributed by atoms with Crippen molar-refractivity contribution in [2.75, 3.05) is 46.8 Å². The molecule has 1 amide bonds. The third kappa shape index (κ3) is 3.69. The number of nitrogens with zero attached hydrogens (tertiary/aromatic N) is 3. The minimum absolute atomic E-state index is 0.0319. The molecule has 1 atom stereocenters. The van der Waals surface area contributed by atoms with Crippen LogP contribution in [0.3, 0.4) is 0 Å². The van der Waals surface area contributed by atoms with Gasteiger partial charge in [0.1, 0.15) is 0 Å². The van der Waals surface area contributed by atoms with Crippen LogP contribution in [-0.2, 0) is 15.0 Å². The molecule has 0 radical (unpaired) electrons. The Bertz CT molecular complexity index is 428. The molecule has 0 bridgehead atoms. The molecule has 118 valence electrons. The molecule has 0 aromatic rings. The normalized spacial score (nSPS) is 19.6. The lowest BCUT2D eigenvalue weighted by Crippen LogP contribution is -2.55. The van der Waals surface area contributed by atoms with Crippen LogP contribution >= 0.6 is 0 Å². The van der Waals surface area contributed by atoms with Gasteiger partial charge in [-0.25, -0.2) is 0 Å². The summed E-state index contributed by atoms with van der Waals surface area (Å²) in [7, 11) is -0.367. The van der Waals surface area contributed by atoms with Crippen molar-refractivity contribution >= 4 is 16.1 Å². The predicted molar refractivity (Wildman–Crippen MR) is 78.1 cm³/mol. The molecule has 0 aromatic carbocycles. The van der Waals surface area contributed by atoms with E-state index in [0.29, 0.717) is 32.7 Å². The quantitative estimate of drug-likeness (QED) is 0.718. The van der Waals surface area contributed by atoms with Crippen molar-refractivity contribution in [3.63, 3.8) is 0 Å². The van der Waals surface area contributed by atoms with E-state index in [1.807, 2.05) is 13.8 Å². The van der Waals surface area contributed by atoms with Crippen LogP contribution in [0.5, 0.6) is 0 Å². The van der Waals surface area contributed by atoms with Crippen molar-refractivity contribution in [3.05, 3.63) is 0 Å². The van der Waals surface area contributed by atoms with E-state index in [9.17, 15) is 13.2 Å². The molecule has 1 heterocycles. The molecule has 1 aliphatic rings. The minimum atomic E-state index is -3.39. The molecule has 0 saturated carbocycles. The van der Waals surface area contributed by atoms with E-state index in [-0.39, 0.29) is 17.7 Å². The van der Waals surface area contributed by atoms with Crippen LogP contribution < -0.4 is 5.73 Å². The number of piperazine rings is 1. The van der Waals surface area contributed by atoms with E-state index in [1.54, 1.807) is 4.90 Å². The topological polar surface area (TPSA) is 87.0 Å². The van der Waals surface area contributed by atoms with Crippen LogP contribution in [0.4, 0.5) is 0 Å². The second-order valence-corrected chi connectivity index (χ2v) is 7.74. The highest BCUT2D eigenvalue weighted by Gasteiger charge is 2.32. The van der Waals surface area contributed by atoms with Gasteiger partial charge in [-0.05, 0) is 5.92 Å². The first-order valence-corrected chi connectivity index (χ1v) is 8.28. The maximum Gasteiger partial charge on any atom is 0.281 e. The van der Waals surface area contributed by atoms with Crippen LogP contribution in [0.15, 0.2) is 0 Å². The van der Waals surface area contributed by atoms with E-state index in [2.05, 4.69) is 0 Å². The Morgan fingerprint density at radius 3 is 2.05 bits per heavy atom. The molecule has 1 aliphatic heterocycles. The molecule has 1 unspecified atom stereocenters. The summed E-state index contributed by atoms with van der Waals surface area (Å²) < 4.78 is 26.6. The van der Waals surface area contributed by atoms with Gasteiger partial charge >= 0.3 is 0 Å². The fraction of sp³-hybridized carbons (Fsp3) is 0.917. The maximum absolute atomic E-state index is 12.3. The van der Waals surface area contributed by atoms with E-state index in [4.69, 9.17) is 5.73 Å². The summed E-state index contributed by atoms with van der Waals surface area (Å²) in [6, 6.07) is 0. The van der Waals surface area contributed by atoms with Crippen molar-refractivity contribution in [1.82, 2.24) is 13.5 Å². The third-order valence-electron chi connectivity index (χ3n) is 3.71. The fourth-order valence-corrected chi connectivity index (χ4v) is 3.35. The molecule has 20 heavy (non-hydrogen) atoms. The van der Waals surface area contributed by atoms with Gasteiger partial charge in [-0.3, -0.25) is 4.79 Å². The Morgan fingerprint density at radius 1 is 1.20 bits per heavy atom. The molecule has 8 heteroatoms. The summed E-state index contributed by atoms with van der Waals surface area (Å²) >= 11 is 0. The number of hydrogen-bond donors (Lipinski definition) is 1. The molecule has 0 aromatic heterocycles. The molecule has 7 nitrogen and oxygen atoms in total. The van der Waals surface area contributed by atoms with Gasteiger partial charge in [-0.15, -0.1) is 0 Å². The number of carbonyl (C=O) groups excluding carboxylic acids is 1. The van der Waals surface area contributed by atoms with Crippen LogP contribution in [-0.4, -0.2) is 74.7 Å². The molecular weight excluding hydrogens is 280 g/mol. The molecular formula is C12H26N4O3S. The van der Waals surface area contributed by atoms with Crippen LogP contribution in [0, 0.1) is 11.8 Å². The van der Waals surface area contributed by atoms with Crippen molar-refractivity contribution in [2.24, 2.45) is 17.6 Å². The maximum atomic E-state index is 12.3. The second kappa shape index (κ2) is 6.84. The van der Waals surface area contributed by atoms with Gasteiger partial charge in [0.2, 0.25) is 5.91 Å². The van der Waals surface area contributed by atoms with Crippen molar-refractivity contribution in [2.45, 2.75) is 13.8 Å². The Kier molecular flexibility index (Phi) is 5.93. The van der Waals surface area contributed by atoms with Gasteiger partial charge in [-0.2, -0.15) is 17.0 Å². The van der Waals surface area contributed by atoms with Gasteiger partial charge in [0.25, 0.3) is 10.2 Å². The summed E-state index contributed by atoms with van der Waals surface area (Å²) in [4.78, 5) is 14.0. The number of rotatable bonds is 5. The zero-order valence-electron chi connectivity index (χ0n) is 12.7. The summed E-state index contributed by atoms with van der Waals surface area (Å²) in [5.74, 6) is 0.0347. The largest absolute Gasteiger partial charge is 0.340 e. The SMILES string of the molecule is CC(C)C(CN)C(=O)N1CCN(S(=O)(=O)N(C)C)CC1. The average Bonchev–Trinajstić information content (AvgIpc) is 2.38. The Labute approximate surface area is 121 Å². The zero-order valence-corrected chi connectivity index (χ0v) is 13.6. The number of hydrogen-bond acceptors (Lipinski definition) is 4. The first kappa shape index (κ1) is 17.4. The highest BCUT2D eigenvalue weighted by molar-refractivity contribution is 7.86. The Morgan fingerprint density at radius 2 is 1.70 bits per heavy atom. The van der Waals surface area contributed by atoms with E-state index >= 15 is 0 Å². The molecule has 1 fully saturated rings. The Balaban J connectivity index is 2.65.